The number of nitrogens with zero attached hydrogens (tertiary/aromatic N) is 2. The standard InChI is InChI=1S/C17H35BN2O2/c1-12(2)15(19-20(9)10)14(4)13(3)11-18-21-16(5,6)17(7,8)22-18/h12-14H,11H2,1-10H3/b19-15+/t13-,14-/m1/s1. The average molecular weight is 310 g/mol. The lowest BCUT2D eigenvalue weighted by molar-refractivity contribution is 0.00578. The van der Waals surface area contributed by atoms with Gasteiger partial charge in [0, 0.05) is 19.8 Å². The number of hydrogen-bond acceptors (Lipinski definition) is 4. The lowest BCUT2D eigenvalue weighted by Crippen LogP contribution is -2.41. The third-order valence-electron chi connectivity index (χ3n) is 5.09. The van der Waals surface area contributed by atoms with E-state index in [1.165, 1.54) is 5.71 Å². The SMILES string of the molecule is CC(C)/C(=N\N(C)C)[C@H](C)[C@H](C)CB1OC(C)(C)C(C)(C)O1. The van der Waals surface area contributed by atoms with Crippen LogP contribution < -0.4 is 0 Å². The van der Waals surface area contributed by atoms with Gasteiger partial charge < -0.3 is 14.3 Å². The maximum atomic E-state index is 6.13. The highest BCUT2D eigenvalue weighted by Crippen LogP contribution is 2.39. The van der Waals surface area contributed by atoms with E-state index < -0.39 is 0 Å². The predicted octanol–water partition coefficient (Wildman–Crippen LogP) is 3.92. The molecule has 1 fully saturated rings. The first-order valence-corrected chi connectivity index (χ1v) is 8.48. The first-order chi connectivity index (χ1) is 9.87. The molecule has 0 N–H and O–H groups in total. The highest BCUT2D eigenvalue weighted by atomic mass is 16.7. The van der Waals surface area contributed by atoms with E-state index in [1.54, 1.807) is 0 Å². The second-order valence-corrected chi connectivity index (χ2v) is 8.21. The quantitative estimate of drug-likeness (QED) is 0.423. The van der Waals surface area contributed by atoms with Gasteiger partial charge in [-0.2, -0.15) is 5.10 Å². The summed E-state index contributed by atoms with van der Waals surface area (Å²) < 4.78 is 12.3. The van der Waals surface area contributed by atoms with Gasteiger partial charge in [0.1, 0.15) is 0 Å². The highest BCUT2D eigenvalue weighted by Gasteiger charge is 2.51. The van der Waals surface area contributed by atoms with E-state index in [1.807, 2.05) is 19.1 Å². The van der Waals surface area contributed by atoms with Gasteiger partial charge in [0.25, 0.3) is 0 Å². The molecule has 22 heavy (non-hydrogen) atoms. The molecule has 1 aliphatic heterocycles. The average Bonchev–Trinajstić information content (AvgIpc) is 2.52. The normalized spacial score (nSPS) is 23.8. The predicted molar refractivity (Wildman–Crippen MR) is 95.2 cm³/mol. The van der Waals surface area contributed by atoms with E-state index in [-0.39, 0.29) is 18.3 Å². The fourth-order valence-corrected chi connectivity index (χ4v) is 2.82. The molecule has 2 atom stereocenters. The van der Waals surface area contributed by atoms with Gasteiger partial charge in [-0.1, -0.05) is 27.7 Å². The lowest BCUT2D eigenvalue weighted by Gasteiger charge is -2.32. The summed E-state index contributed by atoms with van der Waals surface area (Å²) in [5.41, 5.74) is 0.743. The summed E-state index contributed by atoms with van der Waals surface area (Å²) in [6.07, 6.45) is 0.896. The van der Waals surface area contributed by atoms with Crippen LogP contribution in [0.4, 0.5) is 0 Å². The van der Waals surface area contributed by atoms with E-state index in [4.69, 9.17) is 14.4 Å². The second-order valence-electron chi connectivity index (χ2n) is 8.21. The van der Waals surface area contributed by atoms with E-state index in [9.17, 15) is 0 Å². The molecule has 4 nitrogen and oxygen atoms in total. The molecule has 0 saturated carbocycles. The van der Waals surface area contributed by atoms with Gasteiger partial charge >= 0.3 is 7.12 Å². The molecular formula is C17H35BN2O2. The van der Waals surface area contributed by atoms with Crippen LogP contribution in [-0.4, -0.2) is 43.1 Å². The Hall–Kier alpha value is -0.545. The van der Waals surface area contributed by atoms with Crippen molar-refractivity contribution in [2.24, 2.45) is 22.9 Å². The zero-order chi connectivity index (χ0) is 17.3. The Morgan fingerprint density at radius 2 is 1.45 bits per heavy atom. The van der Waals surface area contributed by atoms with Crippen LogP contribution in [0.25, 0.3) is 0 Å². The summed E-state index contributed by atoms with van der Waals surface area (Å²) in [6.45, 7) is 17.4. The number of hydrazone groups is 1. The summed E-state index contributed by atoms with van der Waals surface area (Å²) >= 11 is 0. The first kappa shape index (κ1) is 19.5. The molecule has 0 aromatic carbocycles. The van der Waals surface area contributed by atoms with Gasteiger partial charge in [-0.3, -0.25) is 0 Å². The van der Waals surface area contributed by atoms with E-state index in [0.717, 1.165) is 6.32 Å². The fraction of sp³-hybridized carbons (Fsp3) is 0.941. The van der Waals surface area contributed by atoms with E-state index in [0.29, 0.717) is 17.8 Å². The van der Waals surface area contributed by atoms with Crippen molar-refractivity contribution in [3.63, 3.8) is 0 Å². The van der Waals surface area contributed by atoms with Crippen LogP contribution in [0.5, 0.6) is 0 Å². The molecule has 1 saturated heterocycles. The summed E-state index contributed by atoms with van der Waals surface area (Å²) in [4.78, 5) is 0. The Kier molecular flexibility index (Phi) is 6.13. The largest absolute Gasteiger partial charge is 0.458 e. The molecule has 0 aromatic heterocycles. The van der Waals surface area contributed by atoms with Gasteiger partial charge in [-0.15, -0.1) is 0 Å². The van der Waals surface area contributed by atoms with Crippen molar-refractivity contribution >= 4 is 12.8 Å². The van der Waals surface area contributed by atoms with Crippen LogP contribution in [-0.2, 0) is 9.31 Å². The number of rotatable bonds is 6. The van der Waals surface area contributed by atoms with Crippen LogP contribution in [0.15, 0.2) is 5.10 Å². The lowest BCUT2D eigenvalue weighted by atomic mass is 9.71. The van der Waals surface area contributed by atoms with Gasteiger partial charge in [0.2, 0.25) is 0 Å². The minimum Gasteiger partial charge on any atom is -0.403 e. The third-order valence-corrected chi connectivity index (χ3v) is 5.09. The Labute approximate surface area is 137 Å². The monoisotopic (exact) mass is 310 g/mol. The zero-order valence-electron chi connectivity index (χ0n) is 16.2. The van der Waals surface area contributed by atoms with E-state index in [2.05, 4.69) is 55.4 Å². The third kappa shape index (κ3) is 4.48. The van der Waals surface area contributed by atoms with Crippen molar-refractivity contribution < 1.29 is 9.31 Å². The van der Waals surface area contributed by atoms with E-state index >= 15 is 0 Å². The van der Waals surface area contributed by atoms with Crippen molar-refractivity contribution in [3.05, 3.63) is 0 Å². The van der Waals surface area contributed by atoms with Gasteiger partial charge in [-0.25, -0.2) is 0 Å². The summed E-state index contributed by atoms with van der Waals surface area (Å²) in [6, 6.07) is 0. The number of hydrogen-bond donors (Lipinski definition) is 0. The van der Waals surface area contributed by atoms with Gasteiger partial charge in [0.05, 0.1) is 11.2 Å². The van der Waals surface area contributed by atoms with Crippen molar-refractivity contribution in [2.75, 3.05) is 14.1 Å². The van der Waals surface area contributed by atoms with Crippen LogP contribution >= 0.6 is 0 Å². The fourth-order valence-electron chi connectivity index (χ4n) is 2.82. The summed E-state index contributed by atoms with van der Waals surface area (Å²) in [5.74, 6) is 1.30. The summed E-state index contributed by atoms with van der Waals surface area (Å²) in [5, 5.41) is 6.59. The first-order valence-electron chi connectivity index (χ1n) is 8.48. The van der Waals surface area contributed by atoms with Crippen molar-refractivity contribution in [1.82, 2.24) is 5.01 Å². The second kappa shape index (κ2) is 6.92. The molecule has 128 valence electrons. The molecule has 0 amide bonds. The molecule has 0 aliphatic carbocycles. The molecule has 0 radical (unpaired) electrons. The van der Waals surface area contributed by atoms with Crippen molar-refractivity contribution in [2.45, 2.75) is 72.9 Å². The highest BCUT2D eigenvalue weighted by molar-refractivity contribution is 6.45. The minimum absolute atomic E-state index is 0.129. The maximum absolute atomic E-state index is 6.13. The van der Waals surface area contributed by atoms with Crippen LogP contribution in [0.3, 0.4) is 0 Å². The molecule has 0 unspecified atom stereocenters. The topological polar surface area (TPSA) is 34.1 Å². The van der Waals surface area contributed by atoms with Crippen LogP contribution in [0, 0.1) is 17.8 Å². The van der Waals surface area contributed by atoms with Crippen LogP contribution in [0.2, 0.25) is 6.32 Å². The molecule has 0 aromatic rings. The van der Waals surface area contributed by atoms with Gasteiger partial charge in [-0.05, 0) is 51.8 Å². The Balaban J connectivity index is 2.75. The molecule has 1 rings (SSSR count). The smallest absolute Gasteiger partial charge is 0.403 e. The Bertz CT molecular complexity index is 389. The van der Waals surface area contributed by atoms with Crippen molar-refractivity contribution in [3.8, 4) is 0 Å². The van der Waals surface area contributed by atoms with Gasteiger partial charge in [0.15, 0.2) is 0 Å². The maximum Gasteiger partial charge on any atom is 0.458 e. The Morgan fingerprint density at radius 3 is 1.82 bits per heavy atom. The summed E-state index contributed by atoms with van der Waals surface area (Å²) in [7, 11) is 3.83. The van der Waals surface area contributed by atoms with Crippen LogP contribution in [0.1, 0.15) is 55.4 Å². The minimum atomic E-state index is -0.251. The molecule has 5 heteroatoms. The van der Waals surface area contributed by atoms with Crippen molar-refractivity contribution in [1.29, 1.82) is 0 Å². The Morgan fingerprint density at radius 1 is 1.00 bits per heavy atom. The molecular weight excluding hydrogens is 275 g/mol. The molecule has 0 bridgehead atoms. The molecule has 1 heterocycles. The zero-order valence-corrected chi connectivity index (χ0v) is 16.2. The molecule has 0 spiro atoms. The molecule has 1 aliphatic rings.